The Balaban J connectivity index is 1.64. The average Bonchev–Trinajstić information content (AvgIpc) is 3.22. The van der Waals surface area contributed by atoms with Crippen LogP contribution in [0.3, 0.4) is 0 Å². The number of halogens is 3. The van der Waals surface area contributed by atoms with Gasteiger partial charge in [-0.15, -0.1) is 10.2 Å². The van der Waals surface area contributed by atoms with Gasteiger partial charge in [0.1, 0.15) is 0 Å². The van der Waals surface area contributed by atoms with E-state index in [-0.39, 0.29) is 41.2 Å². The zero-order valence-corrected chi connectivity index (χ0v) is 15.2. The molecular formula is C16H14F3N5O3S. The second-order valence-corrected chi connectivity index (χ2v) is 7.01. The minimum Gasteiger partial charge on any atom is -0.326 e. The van der Waals surface area contributed by atoms with Gasteiger partial charge in [0.2, 0.25) is 27.9 Å². The molecule has 1 aromatic carbocycles. The summed E-state index contributed by atoms with van der Waals surface area (Å²) >= 11 is 0.219. The second-order valence-electron chi connectivity index (χ2n) is 6.03. The number of anilines is 3. The molecule has 1 atom stereocenters. The molecule has 0 bridgehead atoms. The molecule has 0 radical (unpaired) electrons. The minimum atomic E-state index is -4.63. The Morgan fingerprint density at radius 3 is 2.43 bits per heavy atom. The number of alkyl halides is 3. The fraction of sp³-hybridized carbons (Fsp3) is 0.312. The number of nitrogens with one attached hydrogen (secondary N) is 2. The topological polar surface area (TPSA) is 104 Å². The number of rotatable bonds is 4. The van der Waals surface area contributed by atoms with Crippen LogP contribution >= 0.6 is 11.3 Å². The van der Waals surface area contributed by atoms with Crippen LogP contribution in [0.4, 0.5) is 29.7 Å². The third-order valence-electron chi connectivity index (χ3n) is 3.89. The highest BCUT2D eigenvalue weighted by atomic mass is 32.1. The Labute approximate surface area is 160 Å². The molecule has 28 heavy (non-hydrogen) atoms. The summed E-state index contributed by atoms with van der Waals surface area (Å²) in [5, 5.41) is 9.75. The fourth-order valence-electron chi connectivity index (χ4n) is 2.66. The summed E-state index contributed by atoms with van der Waals surface area (Å²) in [4.78, 5) is 37.0. The molecule has 12 heteroatoms. The number of aromatic nitrogens is 2. The molecular weight excluding hydrogens is 399 g/mol. The maximum atomic E-state index is 12.5. The first kappa shape index (κ1) is 19.7. The summed E-state index contributed by atoms with van der Waals surface area (Å²) in [5.41, 5.74) is 1.11. The van der Waals surface area contributed by atoms with Crippen molar-refractivity contribution in [3.8, 4) is 0 Å². The maximum Gasteiger partial charge on any atom is 0.445 e. The van der Waals surface area contributed by atoms with Gasteiger partial charge in [0.05, 0.1) is 5.92 Å². The van der Waals surface area contributed by atoms with Gasteiger partial charge in [0.15, 0.2) is 0 Å². The Bertz CT molecular complexity index is 913. The zero-order chi connectivity index (χ0) is 20.5. The van der Waals surface area contributed by atoms with Crippen LogP contribution in [0.5, 0.6) is 0 Å². The molecule has 2 aromatic rings. The van der Waals surface area contributed by atoms with E-state index in [2.05, 4.69) is 20.8 Å². The minimum absolute atomic E-state index is 0.0785. The molecule has 8 nitrogen and oxygen atoms in total. The second kappa shape index (κ2) is 7.54. The van der Waals surface area contributed by atoms with Crippen molar-refractivity contribution in [3.63, 3.8) is 0 Å². The predicted octanol–water partition coefficient (Wildman–Crippen LogP) is 2.51. The Kier molecular flexibility index (Phi) is 5.31. The SMILES string of the molecule is CC(=O)Nc1ccc(N2CC(C(=O)Nc3nnc(C(F)(F)F)s3)CC2=O)cc1. The van der Waals surface area contributed by atoms with Gasteiger partial charge in [-0.2, -0.15) is 13.2 Å². The molecule has 2 N–H and O–H groups in total. The molecule has 1 saturated heterocycles. The van der Waals surface area contributed by atoms with Crippen molar-refractivity contribution in [1.82, 2.24) is 10.2 Å². The molecule has 1 aliphatic heterocycles. The van der Waals surface area contributed by atoms with E-state index in [1.54, 1.807) is 24.3 Å². The van der Waals surface area contributed by atoms with Crippen LogP contribution in [-0.2, 0) is 20.6 Å². The molecule has 1 aliphatic rings. The van der Waals surface area contributed by atoms with E-state index in [9.17, 15) is 27.6 Å². The standard InChI is InChI=1S/C16H14F3N5O3S/c1-8(25)20-10-2-4-11(5-3-10)24-7-9(6-12(24)26)13(27)21-15-23-22-14(28-15)16(17,18)19/h2-5,9H,6-7H2,1H3,(H,20,25)(H,21,23,27). The van der Waals surface area contributed by atoms with Crippen molar-refractivity contribution in [2.24, 2.45) is 5.92 Å². The lowest BCUT2D eigenvalue weighted by Crippen LogP contribution is -2.28. The van der Waals surface area contributed by atoms with Gasteiger partial charge in [-0.05, 0) is 24.3 Å². The van der Waals surface area contributed by atoms with E-state index >= 15 is 0 Å². The molecule has 2 heterocycles. The zero-order valence-electron chi connectivity index (χ0n) is 14.4. The van der Waals surface area contributed by atoms with Crippen LogP contribution < -0.4 is 15.5 Å². The van der Waals surface area contributed by atoms with Crippen LogP contribution in [0.25, 0.3) is 0 Å². The summed E-state index contributed by atoms with van der Waals surface area (Å²) in [6.07, 6.45) is -4.71. The lowest BCUT2D eigenvalue weighted by Gasteiger charge is -2.17. The monoisotopic (exact) mass is 413 g/mol. The van der Waals surface area contributed by atoms with Crippen LogP contribution in [-0.4, -0.2) is 34.5 Å². The lowest BCUT2D eigenvalue weighted by atomic mass is 10.1. The number of carbonyl (C=O) groups is 3. The number of carbonyl (C=O) groups excluding carboxylic acids is 3. The van der Waals surface area contributed by atoms with E-state index in [4.69, 9.17) is 0 Å². The number of nitrogens with zero attached hydrogens (tertiary/aromatic N) is 3. The van der Waals surface area contributed by atoms with Crippen molar-refractivity contribution in [2.75, 3.05) is 22.1 Å². The molecule has 0 saturated carbocycles. The quantitative estimate of drug-likeness (QED) is 0.802. The summed E-state index contributed by atoms with van der Waals surface area (Å²) in [5.74, 6) is -1.86. The van der Waals surface area contributed by atoms with E-state index in [1.165, 1.54) is 11.8 Å². The summed E-state index contributed by atoms with van der Waals surface area (Å²) in [6.45, 7) is 1.45. The predicted molar refractivity (Wildman–Crippen MR) is 94.7 cm³/mol. The molecule has 148 valence electrons. The van der Waals surface area contributed by atoms with E-state index in [0.29, 0.717) is 11.4 Å². The first-order valence-electron chi connectivity index (χ1n) is 8.03. The molecule has 1 fully saturated rings. The van der Waals surface area contributed by atoms with Gasteiger partial charge in [-0.25, -0.2) is 0 Å². The first-order chi connectivity index (χ1) is 13.1. The number of benzene rings is 1. The first-order valence-corrected chi connectivity index (χ1v) is 8.84. The van der Waals surface area contributed by atoms with Gasteiger partial charge in [-0.3, -0.25) is 14.4 Å². The Morgan fingerprint density at radius 2 is 1.86 bits per heavy atom. The van der Waals surface area contributed by atoms with Gasteiger partial charge >= 0.3 is 6.18 Å². The van der Waals surface area contributed by atoms with E-state index < -0.39 is 23.0 Å². The Hall–Kier alpha value is -3.02. The summed E-state index contributed by atoms with van der Waals surface area (Å²) in [7, 11) is 0. The van der Waals surface area contributed by atoms with Crippen LogP contribution in [0.2, 0.25) is 0 Å². The number of amides is 3. The molecule has 1 aromatic heterocycles. The van der Waals surface area contributed by atoms with Gasteiger partial charge < -0.3 is 15.5 Å². The van der Waals surface area contributed by atoms with Crippen LogP contribution in [0, 0.1) is 5.92 Å². The molecule has 1 unspecified atom stereocenters. The van der Waals surface area contributed by atoms with Crippen molar-refractivity contribution < 1.29 is 27.6 Å². The fourth-order valence-corrected chi connectivity index (χ4v) is 3.27. The maximum absolute atomic E-state index is 12.5. The molecule has 0 spiro atoms. The lowest BCUT2D eigenvalue weighted by molar-refractivity contribution is -0.138. The van der Waals surface area contributed by atoms with Crippen LogP contribution in [0.15, 0.2) is 24.3 Å². The summed E-state index contributed by atoms with van der Waals surface area (Å²) < 4.78 is 37.6. The highest BCUT2D eigenvalue weighted by molar-refractivity contribution is 7.15. The van der Waals surface area contributed by atoms with Gasteiger partial charge in [-0.1, -0.05) is 11.3 Å². The molecule has 3 rings (SSSR count). The number of hydrogen-bond acceptors (Lipinski definition) is 6. The van der Waals surface area contributed by atoms with Crippen molar-refractivity contribution >= 4 is 45.6 Å². The van der Waals surface area contributed by atoms with Crippen molar-refractivity contribution in [2.45, 2.75) is 19.5 Å². The third-order valence-corrected chi connectivity index (χ3v) is 4.78. The van der Waals surface area contributed by atoms with Crippen molar-refractivity contribution in [1.29, 1.82) is 0 Å². The summed E-state index contributed by atoms with van der Waals surface area (Å²) in [6, 6.07) is 6.50. The third kappa shape index (κ3) is 4.44. The highest BCUT2D eigenvalue weighted by Gasteiger charge is 2.38. The normalized spacial score (nSPS) is 16.9. The highest BCUT2D eigenvalue weighted by Crippen LogP contribution is 2.33. The number of hydrogen-bond donors (Lipinski definition) is 2. The van der Waals surface area contributed by atoms with Gasteiger partial charge in [0.25, 0.3) is 0 Å². The molecule has 0 aliphatic carbocycles. The van der Waals surface area contributed by atoms with Crippen molar-refractivity contribution in [3.05, 3.63) is 29.3 Å². The largest absolute Gasteiger partial charge is 0.445 e. The molecule has 3 amide bonds. The average molecular weight is 413 g/mol. The smallest absolute Gasteiger partial charge is 0.326 e. The van der Waals surface area contributed by atoms with E-state index in [1.807, 2.05) is 0 Å². The Morgan fingerprint density at radius 1 is 1.18 bits per heavy atom. The van der Waals surface area contributed by atoms with E-state index in [0.717, 1.165) is 0 Å². The van der Waals surface area contributed by atoms with Crippen LogP contribution in [0.1, 0.15) is 18.4 Å². The van der Waals surface area contributed by atoms with Gasteiger partial charge in [0, 0.05) is 31.3 Å².